The van der Waals surface area contributed by atoms with Gasteiger partial charge in [0.15, 0.2) is 5.57 Å². The first-order chi connectivity index (χ1) is 11.4. The second kappa shape index (κ2) is 7.77. The Hall–Kier alpha value is -1.92. The van der Waals surface area contributed by atoms with Crippen molar-refractivity contribution >= 4 is 46.5 Å². The average molecular weight is 373 g/mol. The van der Waals surface area contributed by atoms with E-state index in [-0.39, 0.29) is 17.2 Å². The van der Waals surface area contributed by atoms with Crippen molar-refractivity contribution in [2.75, 3.05) is 24.6 Å². The molecular weight excluding hydrogens is 355 g/mol. The van der Waals surface area contributed by atoms with E-state index in [0.717, 1.165) is 25.9 Å². The van der Waals surface area contributed by atoms with Crippen molar-refractivity contribution in [3.05, 3.63) is 33.3 Å². The molecule has 1 aromatic carbocycles. The number of esters is 1. The molecule has 3 N–H and O–H groups in total. The molecule has 1 amide bonds. The quantitative estimate of drug-likeness (QED) is 0.272. The van der Waals surface area contributed by atoms with Crippen LogP contribution < -0.4 is 10.6 Å². The summed E-state index contributed by atoms with van der Waals surface area (Å²) in [5, 5.41) is 11.0. The summed E-state index contributed by atoms with van der Waals surface area (Å²) >= 11 is 12.6. The molecule has 1 heterocycles. The van der Waals surface area contributed by atoms with E-state index in [1.54, 1.807) is 13.0 Å². The molecule has 1 aliphatic rings. The van der Waals surface area contributed by atoms with Crippen LogP contribution >= 0.6 is 23.2 Å². The highest BCUT2D eigenvalue weighted by atomic mass is 35.5. The number of carbonyl (C=O) groups excluding carboxylic acids is 2. The molecule has 24 heavy (non-hydrogen) atoms. The molecule has 0 spiro atoms. The third-order valence-corrected chi connectivity index (χ3v) is 4.39. The van der Waals surface area contributed by atoms with Gasteiger partial charge in [-0.15, -0.1) is 0 Å². The number of hydrogen-bond acceptors (Lipinski definition) is 5. The van der Waals surface area contributed by atoms with Gasteiger partial charge in [0.25, 0.3) is 5.91 Å². The zero-order chi connectivity index (χ0) is 17.9. The molecule has 0 atom stereocenters. The van der Waals surface area contributed by atoms with Gasteiger partial charge in [-0.3, -0.25) is 4.79 Å². The van der Waals surface area contributed by atoms with E-state index in [2.05, 4.69) is 0 Å². The predicted octanol–water partition coefficient (Wildman–Crippen LogP) is 2.91. The van der Waals surface area contributed by atoms with E-state index in [9.17, 15) is 14.7 Å². The van der Waals surface area contributed by atoms with Crippen molar-refractivity contribution in [3.63, 3.8) is 0 Å². The number of aliphatic hydroxyl groups excluding tert-OH is 1. The van der Waals surface area contributed by atoms with Crippen LogP contribution in [0.25, 0.3) is 5.76 Å². The van der Waals surface area contributed by atoms with E-state index < -0.39 is 23.2 Å². The number of aliphatic hydroxyl groups is 1. The number of benzene rings is 1. The molecule has 8 heteroatoms. The molecule has 0 bridgehead atoms. The second-order valence-corrected chi connectivity index (χ2v) is 6.05. The lowest BCUT2D eigenvalue weighted by Crippen LogP contribution is -2.24. The van der Waals surface area contributed by atoms with Crippen molar-refractivity contribution < 1.29 is 19.4 Å². The molecule has 130 valence electrons. The lowest BCUT2D eigenvalue weighted by Gasteiger charge is -2.22. The van der Waals surface area contributed by atoms with Crippen LogP contribution in [0.4, 0.5) is 5.69 Å². The maximum absolute atomic E-state index is 11.9. The Kier molecular flexibility index (Phi) is 5.96. The zero-order valence-corrected chi connectivity index (χ0v) is 14.7. The predicted molar refractivity (Wildman–Crippen MR) is 93.3 cm³/mol. The molecule has 1 saturated heterocycles. The SMILES string of the molecule is CCOC(=O)C(C(N)=O)=C(O)c1ccc(Cl)c(N2CCCC2)c1Cl. The molecule has 0 radical (unpaired) electrons. The number of rotatable bonds is 5. The third-order valence-electron chi connectivity index (χ3n) is 3.71. The zero-order valence-electron chi connectivity index (χ0n) is 13.1. The van der Waals surface area contributed by atoms with Gasteiger partial charge < -0.3 is 20.5 Å². The summed E-state index contributed by atoms with van der Waals surface area (Å²) in [6, 6.07) is 2.98. The minimum absolute atomic E-state index is 0.0380. The van der Waals surface area contributed by atoms with Crippen molar-refractivity contribution in [2.45, 2.75) is 19.8 Å². The van der Waals surface area contributed by atoms with Gasteiger partial charge in [0.2, 0.25) is 0 Å². The summed E-state index contributed by atoms with van der Waals surface area (Å²) in [5.74, 6) is -2.72. The Bertz CT molecular complexity index is 698. The summed E-state index contributed by atoms with van der Waals surface area (Å²) in [7, 11) is 0. The van der Waals surface area contributed by atoms with Gasteiger partial charge in [0.05, 0.1) is 22.3 Å². The smallest absolute Gasteiger partial charge is 0.347 e. The number of halogens is 2. The van der Waals surface area contributed by atoms with Gasteiger partial charge in [-0.2, -0.15) is 0 Å². The number of ether oxygens (including phenoxy) is 1. The highest BCUT2D eigenvalue weighted by Crippen LogP contribution is 2.40. The molecule has 0 saturated carbocycles. The van der Waals surface area contributed by atoms with E-state index in [4.69, 9.17) is 33.7 Å². The molecule has 0 aliphatic carbocycles. The number of primary amides is 1. The summed E-state index contributed by atoms with van der Waals surface area (Å²) in [6.45, 7) is 3.19. The number of anilines is 1. The normalized spacial score (nSPS) is 15.2. The third kappa shape index (κ3) is 3.60. The fraction of sp³-hybridized carbons (Fsp3) is 0.375. The molecule has 0 unspecified atom stereocenters. The Balaban J connectivity index is 2.57. The molecule has 2 rings (SSSR count). The molecular formula is C16H18Cl2N2O4. The van der Waals surface area contributed by atoms with E-state index in [0.29, 0.717) is 10.7 Å². The molecule has 0 aromatic heterocycles. The summed E-state index contributed by atoms with van der Waals surface area (Å²) < 4.78 is 4.76. The molecule has 1 fully saturated rings. The monoisotopic (exact) mass is 372 g/mol. The largest absolute Gasteiger partial charge is 0.506 e. The fourth-order valence-corrected chi connectivity index (χ4v) is 3.31. The Morgan fingerprint density at radius 3 is 2.46 bits per heavy atom. The number of nitrogens with zero attached hydrogens (tertiary/aromatic N) is 1. The minimum Gasteiger partial charge on any atom is -0.506 e. The first-order valence-electron chi connectivity index (χ1n) is 7.52. The van der Waals surface area contributed by atoms with Gasteiger partial charge in [-0.05, 0) is 31.9 Å². The van der Waals surface area contributed by atoms with E-state index >= 15 is 0 Å². The molecule has 1 aromatic rings. The summed E-state index contributed by atoms with van der Waals surface area (Å²) in [4.78, 5) is 25.5. The van der Waals surface area contributed by atoms with E-state index in [1.807, 2.05) is 4.90 Å². The summed E-state index contributed by atoms with van der Waals surface area (Å²) in [6.07, 6.45) is 2.02. The van der Waals surface area contributed by atoms with Gasteiger partial charge in [-0.1, -0.05) is 23.2 Å². The standard InChI is InChI=1S/C16H18Cl2N2O4/c1-2-24-16(23)11(15(19)22)14(21)9-5-6-10(17)13(12(9)18)20-7-3-4-8-20/h5-6,21H,2-4,7-8H2,1H3,(H2,19,22). The fourth-order valence-electron chi connectivity index (χ4n) is 2.61. The summed E-state index contributed by atoms with van der Waals surface area (Å²) in [5.41, 5.74) is 5.23. The first kappa shape index (κ1) is 18.4. The lowest BCUT2D eigenvalue weighted by atomic mass is 10.1. The van der Waals surface area contributed by atoms with Crippen LogP contribution in [0.5, 0.6) is 0 Å². The molecule has 1 aliphatic heterocycles. The van der Waals surface area contributed by atoms with Crippen LogP contribution in [-0.4, -0.2) is 36.7 Å². The van der Waals surface area contributed by atoms with Crippen LogP contribution in [0, 0.1) is 0 Å². The highest BCUT2D eigenvalue weighted by Gasteiger charge is 2.27. The van der Waals surface area contributed by atoms with Crippen LogP contribution in [0.3, 0.4) is 0 Å². The Labute approximate surface area is 149 Å². The van der Waals surface area contributed by atoms with Gasteiger partial charge >= 0.3 is 5.97 Å². The van der Waals surface area contributed by atoms with Crippen molar-refractivity contribution in [1.29, 1.82) is 0 Å². The average Bonchev–Trinajstić information content (AvgIpc) is 3.01. The van der Waals surface area contributed by atoms with Crippen LogP contribution in [0.1, 0.15) is 25.3 Å². The van der Waals surface area contributed by atoms with Crippen LogP contribution in [0.15, 0.2) is 17.7 Å². The van der Waals surface area contributed by atoms with Crippen LogP contribution in [-0.2, 0) is 14.3 Å². The topological polar surface area (TPSA) is 92.9 Å². The maximum Gasteiger partial charge on any atom is 0.347 e. The van der Waals surface area contributed by atoms with Crippen LogP contribution in [0.2, 0.25) is 10.0 Å². The Morgan fingerprint density at radius 2 is 1.92 bits per heavy atom. The number of carbonyl (C=O) groups is 2. The number of amides is 1. The molecule has 6 nitrogen and oxygen atoms in total. The maximum atomic E-state index is 11.9. The Morgan fingerprint density at radius 1 is 1.29 bits per heavy atom. The van der Waals surface area contributed by atoms with Gasteiger partial charge in [0, 0.05) is 18.7 Å². The second-order valence-electron chi connectivity index (χ2n) is 5.26. The number of nitrogens with two attached hydrogens (primary N) is 1. The minimum atomic E-state index is -1.10. The van der Waals surface area contributed by atoms with Crippen molar-refractivity contribution in [3.8, 4) is 0 Å². The van der Waals surface area contributed by atoms with E-state index in [1.165, 1.54) is 6.07 Å². The van der Waals surface area contributed by atoms with Gasteiger partial charge in [0.1, 0.15) is 5.76 Å². The highest BCUT2D eigenvalue weighted by molar-refractivity contribution is 6.40. The number of hydrogen-bond donors (Lipinski definition) is 2. The van der Waals surface area contributed by atoms with Gasteiger partial charge in [-0.25, -0.2) is 4.79 Å². The first-order valence-corrected chi connectivity index (χ1v) is 8.27. The lowest BCUT2D eigenvalue weighted by molar-refractivity contribution is -0.139. The van der Waals surface area contributed by atoms with Crippen molar-refractivity contribution in [2.24, 2.45) is 5.73 Å². The van der Waals surface area contributed by atoms with Crippen molar-refractivity contribution in [1.82, 2.24) is 0 Å².